The second-order valence-electron chi connectivity index (χ2n) is 5.81. The van der Waals surface area contributed by atoms with Crippen LogP contribution in [0.5, 0.6) is 0 Å². The Kier molecular flexibility index (Phi) is 17.6. The minimum atomic E-state index is 0.343. The Morgan fingerprint density at radius 1 is 0.818 bits per heavy atom. The molecule has 0 atom stereocenters. The minimum Gasteiger partial charge on any atom is -0.232 e. The molecule has 0 spiro atoms. The monoisotopic (exact) mass is 324 g/mol. The molecule has 0 rings (SSSR count). The summed E-state index contributed by atoms with van der Waals surface area (Å²) in [4.78, 5) is 10.2. The van der Waals surface area contributed by atoms with Crippen LogP contribution in [-0.4, -0.2) is 5.94 Å². The van der Waals surface area contributed by atoms with E-state index in [9.17, 15) is 4.79 Å². The Bertz CT molecular complexity index is 338. The summed E-state index contributed by atoms with van der Waals surface area (Å²) >= 11 is 5.62. The van der Waals surface area contributed by atoms with Gasteiger partial charge in [0.25, 0.3) is 0 Å². The second kappa shape index (κ2) is 18.3. The predicted molar refractivity (Wildman–Crippen MR) is 99.0 cm³/mol. The summed E-state index contributed by atoms with van der Waals surface area (Å²) < 4.78 is 0. The van der Waals surface area contributed by atoms with Gasteiger partial charge in [0.2, 0.25) is 0 Å². The number of rotatable bonds is 15. The molecule has 0 saturated heterocycles. The lowest BCUT2D eigenvalue weighted by Gasteiger charge is -2.01. The summed E-state index contributed by atoms with van der Waals surface area (Å²) in [5.74, 6) is 1.74. The molecule has 0 radical (unpaired) electrons. The molecular formula is C20H33ClO. The molecule has 0 amide bonds. The van der Waals surface area contributed by atoms with Crippen LogP contribution in [0.15, 0.2) is 29.3 Å². The first kappa shape index (κ1) is 21.2. The third-order valence-electron chi connectivity index (χ3n) is 3.72. The molecule has 0 heterocycles. The fraction of sp³-hybridized carbons (Fsp3) is 0.700. The number of unbranched alkanes of at least 4 members (excludes halogenated alkanes) is 9. The third-order valence-corrected chi connectivity index (χ3v) is 3.99. The normalized spacial score (nSPS) is 11.4. The largest absolute Gasteiger partial charge is 0.232 e. The number of hydrogen-bond acceptors (Lipinski definition) is 1. The number of allylic oxidation sites excluding steroid dienone is 5. The van der Waals surface area contributed by atoms with Crippen molar-refractivity contribution in [1.29, 1.82) is 0 Å². The molecule has 0 bridgehead atoms. The van der Waals surface area contributed by atoms with Crippen molar-refractivity contribution in [2.75, 3.05) is 0 Å². The van der Waals surface area contributed by atoms with Gasteiger partial charge in [0, 0.05) is 0 Å². The van der Waals surface area contributed by atoms with Gasteiger partial charge in [-0.15, -0.1) is 0 Å². The van der Waals surface area contributed by atoms with Crippen LogP contribution in [0.3, 0.4) is 0 Å². The third kappa shape index (κ3) is 17.3. The molecule has 22 heavy (non-hydrogen) atoms. The van der Waals surface area contributed by atoms with E-state index in [1.807, 2.05) is 0 Å². The lowest BCUT2D eigenvalue weighted by molar-refractivity contribution is 0.557. The highest BCUT2D eigenvalue weighted by Crippen LogP contribution is 2.14. The molecular weight excluding hydrogens is 292 g/mol. The smallest absolute Gasteiger partial charge is 0.140 e. The summed E-state index contributed by atoms with van der Waals surface area (Å²) in [6.45, 7) is 2.17. The summed E-state index contributed by atoms with van der Waals surface area (Å²) in [7, 11) is 0. The zero-order chi connectivity index (χ0) is 16.3. The first-order valence-corrected chi connectivity index (χ1v) is 9.38. The topological polar surface area (TPSA) is 17.1 Å². The van der Waals surface area contributed by atoms with Crippen molar-refractivity contribution in [2.45, 2.75) is 90.4 Å². The number of carbonyl (C=O) groups excluding carboxylic acids is 1. The van der Waals surface area contributed by atoms with E-state index in [1.54, 1.807) is 5.94 Å². The molecule has 0 saturated carbocycles. The standard InChI is InChI=1S/C20H33ClO/c1-2-3-4-5-6-7-8-9-10-11-12-13-14-15-16-17-18-20(21)19-22/h3-4,6-7H,2,5,8-18H2,1H3. The summed E-state index contributed by atoms with van der Waals surface area (Å²) in [6, 6.07) is 0. The SMILES string of the molecule is CCC=CCC=CCCCCCCCCCCCC(Cl)=C=O. The van der Waals surface area contributed by atoms with Crippen LogP contribution in [0.2, 0.25) is 0 Å². The van der Waals surface area contributed by atoms with Crippen molar-refractivity contribution >= 4 is 17.5 Å². The molecule has 126 valence electrons. The van der Waals surface area contributed by atoms with Gasteiger partial charge in [0.05, 0.1) is 0 Å². The van der Waals surface area contributed by atoms with Gasteiger partial charge in [-0.3, -0.25) is 0 Å². The molecule has 0 aromatic heterocycles. The van der Waals surface area contributed by atoms with Crippen LogP contribution >= 0.6 is 11.6 Å². The van der Waals surface area contributed by atoms with Gasteiger partial charge >= 0.3 is 0 Å². The lowest BCUT2D eigenvalue weighted by atomic mass is 10.1. The van der Waals surface area contributed by atoms with Crippen molar-refractivity contribution in [1.82, 2.24) is 0 Å². The first-order chi connectivity index (χ1) is 10.8. The molecule has 0 aromatic carbocycles. The lowest BCUT2D eigenvalue weighted by Crippen LogP contribution is -1.82. The maximum Gasteiger partial charge on any atom is 0.140 e. The van der Waals surface area contributed by atoms with Crippen LogP contribution in [0.4, 0.5) is 0 Å². The molecule has 0 unspecified atom stereocenters. The number of hydrogen-bond donors (Lipinski definition) is 0. The first-order valence-electron chi connectivity index (χ1n) is 9.00. The van der Waals surface area contributed by atoms with E-state index in [4.69, 9.17) is 11.6 Å². The highest BCUT2D eigenvalue weighted by atomic mass is 35.5. The fourth-order valence-corrected chi connectivity index (χ4v) is 2.52. The van der Waals surface area contributed by atoms with Crippen LogP contribution < -0.4 is 0 Å². The highest BCUT2D eigenvalue weighted by molar-refractivity contribution is 6.33. The summed E-state index contributed by atoms with van der Waals surface area (Å²) in [6.07, 6.45) is 24.7. The predicted octanol–water partition coefficient (Wildman–Crippen LogP) is 7.14. The van der Waals surface area contributed by atoms with Crippen LogP contribution in [0.25, 0.3) is 0 Å². The van der Waals surface area contributed by atoms with Crippen molar-refractivity contribution in [3.8, 4) is 0 Å². The van der Waals surface area contributed by atoms with Gasteiger partial charge < -0.3 is 0 Å². The van der Waals surface area contributed by atoms with E-state index >= 15 is 0 Å². The van der Waals surface area contributed by atoms with Gasteiger partial charge in [-0.25, -0.2) is 4.79 Å². The van der Waals surface area contributed by atoms with Crippen molar-refractivity contribution in [3.63, 3.8) is 0 Å². The van der Waals surface area contributed by atoms with E-state index in [2.05, 4.69) is 31.2 Å². The Labute approximate surface area is 142 Å². The van der Waals surface area contributed by atoms with E-state index < -0.39 is 0 Å². The van der Waals surface area contributed by atoms with Crippen molar-refractivity contribution in [3.05, 3.63) is 29.3 Å². The Balaban J connectivity index is 3.14. The highest BCUT2D eigenvalue weighted by Gasteiger charge is 1.95. The van der Waals surface area contributed by atoms with Crippen molar-refractivity contribution < 1.29 is 4.79 Å². The summed E-state index contributed by atoms with van der Waals surface area (Å²) in [5, 5.41) is 0.343. The van der Waals surface area contributed by atoms with Crippen LogP contribution in [0, 0.1) is 0 Å². The van der Waals surface area contributed by atoms with Gasteiger partial charge in [0.1, 0.15) is 11.0 Å². The van der Waals surface area contributed by atoms with Crippen LogP contribution in [-0.2, 0) is 4.79 Å². The molecule has 0 fully saturated rings. The molecule has 0 N–H and O–H groups in total. The van der Waals surface area contributed by atoms with E-state index in [-0.39, 0.29) is 0 Å². The molecule has 2 heteroatoms. The molecule has 1 nitrogen and oxygen atoms in total. The Morgan fingerprint density at radius 3 is 1.95 bits per heavy atom. The maximum absolute atomic E-state index is 10.2. The van der Waals surface area contributed by atoms with Crippen LogP contribution in [0.1, 0.15) is 90.4 Å². The molecule has 0 aromatic rings. The van der Waals surface area contributed by atoms with Gasteiger partial charge in [-0.2, -0.15) is 0 Å². The average Bonchev–Trinajstić information content (AvgIpc) is 2.54. The zero-order valence-corrected chi connectivity index (χ0v) is 15.0. The van der Waals surface area contributed by atoms with E-state index in [0.29, 0.717) is 11.5 Å². The Hall–Kier alpha value is -0.780. The maximum atomic E-state index is 10.2. The minimum absolute atomic E-state index is 0.343. The fourth-order valence-electron chi connectivity index (χ4n) is 2.39. The van der Waals surface area contributed by atoms with Gasteiger partial charge in [0.15, 0.2) is 0 Å². The van der Waals surface area contributed by atoms with E-state index in [0.717, 1.165) is 19.3 Å². The molecule has 0 aliphatic carbocycles. The average molecular weight is 325 g/mol. The van der Waals surface area contributed by atoms with Crippen molar-refractivity contribution in [2.24, 2.45) is 0 Å². The Morgan fingerprint density at radius 2 is 1.36 bits per heavy atom. The van der Waals surface area contributed by atoms with Gasteiger partial charge in [-0.1, -0.05) is 87.8 Å². The van der Waals surface area contributed by atoms with Gasteiger partial charge in [-0.05, 0) is 38.5 Å². The number of halogens is 1. The quantitative estimate of drug-likeness (QED) is 0.178. The summed E-state index contributed by atoms with van der Waals surface area (Å²) in [5.41, 5.74) is 0. The molecule has 0 aliphatic rings. The van der Waals surface area contributed by atoms with E-state index in [1.165, 1.54) is 57.8 Å². The zero-order valence-electron chi connectivity index (χ0n) is 14.3. The second-order valence-corrected chi connectivity index (χ2v) is 6.27. The molecule has 0 aliphatic heterocycles.